The van der Waals surface area contributed by atoms with E-state index in [4.69, 9.17) is 9.47 Å². The average molecular weight is 407 g/mol. The summed E-state index contributed by atoms with van der Waals surface area (Å²) in [5.74, 6) is 2.77. The van der Waals surface area contributed by atoms with Gasteiger partial charge < -0.3 is 19.7 Å². The minimum atomic E-state index is -0.0930. The summed E-state index contributed by atoms with van der Waals surface area (Å²) in [4.78, 5) is 18.8. The van der Waals surface area contributed by atoms with Crippen LogP contribution in [0, 0.1) is 5.92 Å². The summed E-state index contributed by atoms with van der Waals surface area (Å²) in [5.41, 5.74) is 0.981. The molecule has 4 heterocycles. The Bertz CT molecular complexity index is 1020. The van der Waals surface area contributed by atoms with Gasteiger partial charge in [-0.15, -0.1) is 10.2 Å². The van der Waals surface area contributed by atoms with Crippen LogP contribution < -0.4 is 19.7 Å². The number of nitrogens with zero attached hydrogens (tertiary/aromatic N) is 6. The molecule has 5 rings (SSSR count). The van der Waals surface area contributed by atoms with E-state index in [0.29, 0.717) is 18.9 Å². The standard InChI is InChI=1S/C20H21N7O3/c28-20(22-9-14-3-4-16-17(8-14)30-13-29-16)15-2-1-7-26(10-15)18-5-6-19(25-24-18)27-12-21-11-23-27/h3-6,8,11-12,15H,1-2,7,9-10,13H2,(H,22,28)/t15-/m1/s1. The lowest BCUT2D eigenvalue weighted by Crippen LogP contribution is -2.43. The van der Waals surface area contributed by atoms with Gasteiger partial charge in [-0.1, -0.05) is 6.07 Å². The Morgan fingerprint density at radius 1 is 1.13 bits per heavy atom. The smallest absolute Gasteiger partial charge is 0.231 e. The Hall–Kier alpha value is -3.69. The molecule has 10 heteroatoms. The fraction of sp³-hybridized carbons (Fsp3) is 0.350. The number of hydrogen-bond donors (Lipinski definition) is 1. The highest BCUT2D eigenvalue weighted by atomic mass is 16.7. The molecule has 0 radical (unpaired) electrons. The van der Waals surface area contributed by atoms with Gasteiger partial charge in [0.2, 0.25) is 12.7 Å². The zero-order chi connectivity index (χ0) is 20.3. The summed E-state index contributed by atoms with van der Waals surface area (Å²) in [6.45, 7) is 2.16. The van der Waals surface area contributed by atoms with Gasteiger partial charge in [0.25, 0.3) is 0 Å². The van der Waals surface area contributed by atoms with Crippen LogP contribution in [0.1, 0.15) is 18.4 Å². The number of hydrogen-bond acceptors (Lipinski definition) is 8. The highest BCUT2D eigenvalue weighted by molar-refractivity contribution is 5.79. The molecule has 2 aliphatic rings. The first-order valence-electron chi connectivity index (χ1n) is 9.86. The normalized spacial score (nSPS) is 17.7. The molecule has 1 N–H and O–H groups in total. The van der Waals surface area contributed by atoms with Crippen molar-refractivity contribution in [3.8, 4) is 17.3 Å². The van der Waals surface area contributed by atoms with Crippen LogP contribution in [0.5, 0.6) is 11.5 Å². The quantitative estimate of drug-likeness (QED) is 0.675. The largest absolute Gasteiger partial charge is 0.454 e. The molecule has 0 aliphatic carbocycles. The van der Waals surface area contributed by atoms with Crippen molar-refractivity contribution in [3.63, 3.8) is 0 Å². The molecule has 1 amide bonds. The zero-order valence-corrected chi connectivity index (χ0v) is 16.3. The van der Waals surface area contributed by atoms with E-state index in [0.717, 1.165) is 42.3 Å². The number of ether oxygens (including phenoxy) is 2. The fourth-order valence-corrected chi connectivity index (χ4v) is 3.72. The van der Waals surface area contributed by atoms with Crippen LogP contribution in [0.15, 0.2) is 43.0 Å². The van der Waals surface area contributed by atoms with Crippen molar-refractivity contribution in [1.29, 1.82) is 0 Å². The third-order valence-corrected chi connectivity index (χ3v) is 5.31. The molecule has 0 spiro atoms. The number of rotatable bonds is 5. The van der Waals surface area contributed by atoms with Gasteiger partial charge in [0.1, 0.15) is 12.7 Å². The Morgan fingerprint density at radius 3 is 2.83 bits per heavy atom. The number of aromatic nitrogens is 5. The maximum atomic E-state index is 12.7. The van der Waals surface area contributed by atoms with Crippen molar-refractivity contribution in [3.05, 3.63) is 48.5 Å². The first-order chi connectivity index (χ1) is 14.8. The minimum absolute atomic E-state index is 0.0459. The summed E-state index contributed by atoms with van der Waals surface area (Å²) in [7, 11) is 0. The number of piperidine rings is 1. The molecule has 0 unspecified atom stereocenters. The van der Waals surface area contributed by atoms with Crippen LogP contribution in [0.25, 0.3) is 5.82 Å². The van der Waals surface area contributed by atoms with E-state index in [1.54, 1.807) is 11.0 Å². The first kappa shape index (κ1) is 18.3. The van der Waals surface area contributed by atoms with Gasteiger partial charge in [-0.25, -0.2) is 9.67 Å². The number of carbonyl (C=O) groups is 1. The third-order valence-electron chi connectivity index (χ3n) is 5.31. The molecule has 10 nitrogen and oxygen atoms in total. The van der Waals surface area contributed by atoms with E-state index in [9.17, 15) is 4.79 Å². The highest BCUT2D eigenvalue weighted by Gasteiger charge is 2.26. The van der Waals surface area contributed by atoms with Gasteiger partial charge in [0, 0.05) is 19.6 Å². The minimum Gasteiger partial charge on any atom is -0.454 e. The zero-order valence-electron chi connectivity index (χ0n) is 16.3. The van der Waals surface area contributed by atoms with E-state index in [-0.39, 0.29) is 18.6 Å². The van der Waals surface area contributed by atoms with E-state index in [2.05, 4.69) is 30.5 Å². The Morgan fingerprint density at radius 2 is 2.00 bits per heavy atom. The molecule has 3 aromatic rings. The number of amides is 1. The van der Waals surface area contributed by atoms with Crippen LogP contribution >= 0.6 is 0 Å². The number of fused-ring (bicyclic) bond motifs is 1. The van der Waals surface area contributed by atoms with E-state index >= 15 is 0 Å². The lowest BCUT2D eigenvalue weighted by Gasteiger charge is -2.32. The summed E-state index contributed by atoms with van der Waals surface area (Å²) >= 11 is 0. The van der Waals surface area contributed by atoms with Crippen molar-refractivity contribution in [2.45, 2.75) is 19.4 Å². The average Bonchev–Trinajstić information content (AvgIpc) is 3.49. The lowest BCUT2D eigenvalue weighted by molar-refractivity contribution is -0.125. The molecule has 1 aromatic carbocycles. The monoisotopic (exact) mass is 407 g/mol. The van der Waals surface area contributed by atoms with E-state index in [1.807, 2.05) is 30.3 Å². The molecular formula is C20H21N7O3. The molecular weight excluding hydrogens is 386 g/mol. The van der Waals surface area contributed by atoms with E-state index < -0.39 is 0 Å². The van der Waals surface area contributed by atoms with Crippen LogP contribution in [0.4, 0.5) is 5.82 Å². The lowest BCUT2D eigenvalue weighted by atomic mass is 9.97. The molecule has 2 aromatic heterocycles. The highest BCUT2D eigenvalue weighted by Crippen LogP contribution is 2.32. The molecule has 1 fully saturated rings. The van der Waals surface area contributed by atoms with Crippen molar-refractivity contribution in [1.82, 2.24) is 30.3 Å². The fourth-order valence-electron chi connectivity index (χ4n) is 3.72. The van der Waals surface area contributed by atoms with Gasteiger partial charge in [0.05, 0.1) is 5.92 Å². The second-order valence-electron chi connectivity index (χ2n) is 7.28. The predicted molar refractivity (Wildman–Crippen MR) is 106 cm³/mol. The maximum Gasteiger partial charge on any atom is 0.231 e. The Kier molecular flexibility index (Phi) is 4.88. The predicted octanol–water partition coefficient (Wildman–Crippen LogP) is 1.32. The molecule has 0 bridgehead atoms. The molecule has 1 atom stereocenters. The number of nitrogens with one attached hydrogen (secondary N) is 1. The van der Waals surface area contributed by atoms with Crippen LogP contribution in [-0.4, -0.2) is 50.8 Å². The topological polar surface area (TPSA) is 107 Å². The van der Waals surface area contributed by atoms with Gasteiger partial charge in [0.15, 0.2) is 23.1 Å². The Balaban J connectivity index is 1.19. The van der Waals surface area contributed by atoms with Gasteiger partial charge in [-0.2, -0.15) is 5.10 Å². The summed E-state index contributed by atoms with van der Waals surface area (Å²) in [5, 5.41) is 15.6. The van der Waals surface area contributed by atoms with Crippen molar-refractivity contribution in [2.75, 3.05) is 24.8 Å². The van der Waals surface area contributed by atoms with Crippen LogP contribution in [0.2, 0.25) is 0 Å². The number of benzene rings is 1. The molecule has 0 saturated carbocycles. The Labute approximate surface area is 172 Å². The number of anilines is 1. The summed E-state index contributed by atoms with van der Waals surface area (Å²) in [6.07, 6.45) is 4.81. The second kappa shape index (κ2) is 7.97. The van der Waals surface area contributed by atoms with Crippen LogP contribution in [0.3, 0.4) is 0 Å². The van der Waals surface area contributed by atoms with Gasteiger partial charge in [-0.05, 0) is 42.7 Å². The van der Waals surface area contributed by atoms with Crippen molar-refractivity contribution >= 4 is 11.7 Å². The molecule has 154 valence electrons. The first-order valence-corrected chi connectivity index (χ1v) is 9.86. The van der Waals surface area contributed by atoms with E-state index in [1.165, 1.54) is 6.33 Å². The van der Waals surface area contributed by atoms with Crippen LogP contribution in [-0.2, 0) is 11.3 Å². The van der Waals surface area contributed by atoms with Crippen molar-refractivity contribution in [2.24, 2.45) is 5.92 Å². The summed E-state index contributed by atoms with van der Waals surface area (Å²) < 4.78 is 12.3. The number of carbonyl (C=O) groups excluding carboxylic acids is 1. The summed E-state index contributed by atoms with van der Waals surface area (Å²) in [6, 6.07) is 9.46. The molecule has 1 saturated heterocycles. The maximum absolute atomic E-state index is 12.7. The third kappa shape index (κ3) is 3.76. The van der Waals surface area contributed by atoms with Gasteiger partial charge in [-0.3, -0.25) is 4.79 Å². The SMILES string of the molecule is O=C(NCc1ccc2c(c1)OCO2)[C@@H]1CCCN(c2ccc(-n3cncn3)nn2)C1. The second-order valence-corrected chi connectivity index (χ2v) is 7.28. The molecule has 2 aliphatic heterocycles. The molecule has 30 heavy (non-hydrogen) atoms. The van der Waals surface area contributed by atoms with Crippen molar-refractivity contribution < 1.29 is 14.3 Å². The van der Waals surface area contributed by atoms with Gasteiger partial charge >= 0.3 is 0 Å².